The van der Waals surface area contributed by atoms with Crippen molar-refractivity contribution in [1.29, 1.82) is 0 Å². The van der Waals surface area contributed by atoms with Crippen molar-refractivity contribution in [2.24, 2.45) is 0 Å². The summed E-state index contributed by atoms with van der Waals surface area (Å²) < 4.78 is 26.5. The van der Waals surface area contributed by atoms with Crippen LogP contribution in [0.1, 0.15) is 13.8 Å². The summed E-state index contributed by atoms with van der Waals surface area (Å²) in [6.45, 7) is 6.91. The topological polar surface area (TPSA) is 93.8 Å². The molecule has 112 valence electrons. The summed E-state index contributed by atoms with van der Waals surface area (Å²) in [5.74, 6) is 0. The van der Waals surface area contributed by atoms with Crippen LogP contribution in [0.5, 0.6) is 0 Å². The molecule has 0 unspecified atom stereocenters. The number of nitro groups is 1. The van der Waals surface area contributed by atoms with Crippen molar-refractivity contribution in [2.75, 3.05) is 26.2 Å². The van der Waals surface area contributed by atoms with Gasteiger partial charge in [-0.1, -0.05) is 6.07 Å². The van der Waals surface area contributed by atoms with Crippen molar-refractivity contribution in [3.63, 3.8) is 0 Å². The average Bonchev–Trinajstić information content (AvgIpc) is 2.43. The number of quaternary nitrogens is 1. The third-order valence-corrected chi connectivity index (χ3v) is 4.57. The fourth-order valence-corrected chi connectivity index (χ4v) is 2.88. The molecule has 8 heteroatoms. The Morgan fingerprint density at radius 3 is 2.50 bits per heavy atom. The van der Waals surface area contributed by atoms with E-state index in [1.165, 1.54) is 23.1 Å². The second-order valence-corrected chi connectivity index (χ2v) is 6.13. The standard InChI is InChI=1S/C12H19N3O4S/c1-3-14(4-2)9-8-13-20(18,19)12-7-5-6-11(10-12)15(16)17/h5-7,10,13H,3-4,8-9H2,1-2H3/p+1. The summed E-state index contributed by atoms with van der Waals surface area (Å²) in [4.78, 5) is 11.2. The molecule has 1 aromatic rings. The first kappa shape index (κ1) is 16.5. The van der Waals surface area contributed by atoms with Crippen LogP contribution in [-0.2, 0) is 10.0 Å². The maximum absolute atomic E-state index is 12.0. The first-order chi connectivity index (χ1) is 9.40. The summed E-state index contributed by atoms with van der Waals surface area (Å²) in [7, 11) is -3.70. The van der Waals surface area contributed by atoms with Crippen molar-refractivity contribution in [3.05, 3.63) is 34.4 Å². The minimum absolute atomic E-state index is 0.0822. The van der Waals surface area contributed by atoms with Crippen LogP contribution in [0.3, 0.4) is 0 Å². The predicted molar refractivity (Wildman–Crippen MR) is 75.2 cm³/mol. The van der Waals surface area contributed by atoms with E-state index in [0.29, 0.717) is 13.1 Å². The molecule has 2 N–H and O–H groups in total. The number of sulfonamides is 1. The second-order valence-electron chi connectivity index (χ2n) is 4.36. The lowest BCUT2D eigenvalue weighted by atomic mass is 10.3. The van der Waals surface area contributed by atoms with Gasteiger partial charge in [-0.05, 0) is 19.9 Å². The molecule has 1 rings (SSSR count). The number of likely N-dealkylation sites (N-methyl/N-ethyl adjacent to an activating group) is 1. The average molecular weight is 302 g/mol. The molecular formula is C12H20N3O4S+. The molecule has 0 aliphatic carbocycles. The van der Waals surface area contributed by atoms with E-state index < -0.39 is 14.9 Å². The molecule has 0 amide bonds. The van der Waals surface area contributed by atoms with Gasteiger partial charge in [0, 0.05) is 12.1 Å². The van der Waals surface area contributed by atoms with Gasteiger partial charge in [0.15, 0.2) is 0 Å². The monoisotopic (exact) mass is 302 g/mol. The van der Waals surface area contributed by atoms with Crippen molar-refractivity contribution in [3.8, 4) is 0 Å². The van der Waals surface area contributed by atoms with E-state index >= 15 is 0 Å². The number of non-ortho nitro benzene ring substituents is 1. The second kappa shape index (κ2) is 7.32. The number of hydrogen-bond acceptors (Lipinski definition) is 4. The maximum atomic E-state index is 12.0. The van der Waals surface area contributed by atoms with Gasteiger partial charge in [-0.15, -0.1) is 0 Å². The van der Waals surface area contributed by atoms with Crippen LogP contribution >= 0.6 is 0 Å². The highest BCUT2D eigenvalue weighted by atomic mass is 32.2. The molecule has 0 fully saturated rings. The van der Waals surface area contributed by atoms with Crippen LogP contribution < -0.4 is 9.62 Å². The van der Waals surface area contributed by atoms with E-state index in [2.05, 4.69) is 4.72 Å². The molecule has 0 saturated heterocycles. The molecule has 1 aromatic carbocycles. The summed E-state index contributed by atoms with van der Waals surface area (Å²) in [5, 5.41) is 10.6. The summed E-state index contributed by atoms with van der Waals surface area (Å²) in [6.07, 6.45) is 0. The van der Waals surface area contributed by atoms with Crippen LogP contribution in [0.15, 0.2) is 29.2 Å². The number of rotatable bonds is 8. The number of hydrogen-bond donors (Lipinski definition) is 2. The van der Waals surface area contributed by atoms with Gasteiger partial charge in [0.2, 0.25) is 10.0 Å². The fourth-order valence-electron chi connectivity index (χ4n) is 1.81. The predicted octanol–water partition coefficient (Wildman–Crippen LogP) is -0.202. The maximum Gasteiger partial charge on any atom is 0.270 e. The molecule has 0 heterocycles. The molecule has 20 heavy (non-hydrogen) atoms. The minimum atomic E-state index is -3.70. The van der Waals surface area contributed by atoms with Gasteiger partial charge in [0.05, 0.1) is 36.0 Å². The Morgan fingerprint density at radius 2 is 1.95 bits per heavy atom. The van der Waals surface area contributed by atoms with Crippen LogP contribution in [0.2, 0.25) is 0 Å². The van der Waals surface area contributed by atoms with Gasteiger partial charge in [-0.25, -0.2) is 13.1 Å². The summed E-state index contributed by atoms with van der Waals surface area (Å²) >= 11 is 0. The van der Waals surface area contributed by atoms with Gasteiger partial charge in [0.25, 0.3) is 5.69 Å². The SMILES string of the molecule is CC[NH+](CC)CCNS(=O)(=O)c1cccc([N+](=O)[O-])c1. The lowest BCUT2D eigenvalue weighted by molar-refractivity contribution is -0.895. The number of nitrogens with one attached hydrogen (secondary N) is 2. The van der Waals surface area contributed by atoms with Gasteiger partial charge in [-0.3, -0.25) is 10.1 Å². The van der Waals surface area contributed by atoms with E-state index in [1.807, 2.05) is 13.8 Å². The quantitative estimate of drug-likeness (QED) is 0.513. The van der Waals surface area contributed by atoms with Crippen LogP contribution in [0, 0.1) is 10.1 Å². The molecular weight excluding hydrogens is 282 g/mol. The zero-order valence-corrected chi connectivity index (χ0v) is 12.4. The van der Waals surface area contributed by atoms with E-state index in [9.17, 15) is 18.5 Å². The van der Waals surface area contributed by atoms with E-state index in [1.54, 1.807) is 0 Å². The lowest BCUT2D eigenvalue weighted by Crippen LogP contribution is -3.12. The molecule has 0 atom stereocenters. The Hall–Kier alpha value is -1.51. The van der Waals surface area contributed by atoms with Gasteiger partial charge < -0.3 is 4.90 Å². The van der Waals surface area contributed by atoms with E-state index in [-0.39, 0.29) is 10.6 Å². The molecule has 0 aliphatic rings. The third kappa shape index (κ3) is 4.55. The van der Waals surface area contributed by atoms with Crippen molar-refractivity contribution < 1.29 is 18.2 Å². The fraction of sp³-hybridized carbons (Fsp3) is 0.500. The highest BCUT2D eigenvalue weighted by Gasteiger charge is 2.17. The van der Waals surface area contributed by atoms with Crippen molar-refractivity contribution in [1.82, 2.24) is 4.72 Å². The smallest absolute Gasteiger partial charge is 0.270 e. The van der Waals surface area contributed by atoms with Gasteiger partial charge in [-0.2, -0.15) is 0 Å². The Labute approximate surface area is 118 Å². The van der Waals surface area contributed by atoms with E-state index in [4.69, 9.17) is 0 Å². The number of nitro benzene ring substituents is 1. The molecule has 0 aliphatic heterocycles. The largest absolute Gasteiger partial charge is 0.334 e. The van der Waals surface area contributed by atoms with Crippen LogP contribution in [0.4, 0.5) is 5.69 Å². The Balaban J connectivity index is 2.74. The summed E-state index contributed by atoms with van der Waals surface area (Å²) in [5.41, 5.74) is -0.234. The van der Waals surface area contributed by atoms with E-state index in [0.717, 1.165) is 19.2 Å². The number of nitrogens with zero attached hydrogens (tertiary/aromatic N) is 1. The Morgan fingerprint density at radius 1 is 1.30 bits per heavy atom. The third-order valence-electron chi connectivity index (χ3n) is 3.11. The lowest BCUT2D eigenvalue weighted by Gasteiger charge is -2.15. The minimum Gasteiger partial charge on any atom is -0.334 e. The van der Waals surface area contributed by atoms with Crippen molar-refractivity contribution >= 4 is 15.7 Å². The Bertz CT molecular complexity index is 556. The number of benzene rings is 1. The normalized spacial score (nSPS) is 11.8. The summed E-state index contributed by atoms with van der Waals surface area (Å²) in [6, 6.07) is 5.04. The molecule has 0 aromatic heterocycles. The highest BCUT2D eigenvalue weighted by Crippen LogP contribution is 2.16. The molecule has 0 saturated carbocycles. The molecule has 0 radical (unpaired) electrons. The zero-order chi connectivity index (χ0) is 15.2. The molecule has 0 bridgehead atoms. The van der Waals surface area contributed by atoms with Crippen LogP contribution in [0.25, 0.3) is 0 Å². The first-order valence-corrected chi connectivity index (χ1v) is 7.96. The first-order valence-electron chi connectivity index (χ1n) is 6.48. The molecule has 0 spiro atoms. The zero-order valence-electron chi connectivity index (χ0n) is 11.6. The highest BCUT2D eigenvalue weighted by molar-refractivity contribution is 7.89. The molecule has 7 nitrogen and oxygen atoms in total. The van der Waals surface area contributed by atoms with Gasteiger partial charge in [0.1, 0.15) is 0 Å². The van der Waals surface area contributed by atoms with Crippen molar-refractivity contribution in [2.45, 2.75) is 18.7 Å². The van der Waals surface area contributed by atoms with Gasteiger partial charge >= 0.3 is 0 Å². The van der Waals surface area contributed by atoms with Crippen LogP contribution in [-0.4, -0.2) is 39.5 Å². The Kier molecular flexibility index (Phi) is 6.05.